The first kappa shape index (κ1) is 18.5. The minimum atomic E-state index is -0.622. The van der Waals surface area contributed by atoms with Crippen LogP contribution >= 0.6 is 0 Å². The Morgan fingerprint density at radius 3 is 2.65 bits per heavy atom. The Kier molecular flexibility index (Phi) is 6.55. The highest BCUT2D eigenvalue weighted by Gasteiger charge is 2.15. The standard InChI is InChI=1S/C14H22N4O5/c1-9(23-10(2)20)6-4-5-7-18-13(21)11(17(3)8-19)12(15)16-14(18)22/h8-9H,4-7,15H2,1-3H3,(H,16,22)/t9-/m1/s1. The number of carbonyl (C=O) groups is 2. The van der Waals surface area contributed by atoms with Crippen LogP contribution in [0.2, 0.25) is 0 Å². The van der Waals surface area contributed by atoms with E-state index < -0.39 is 11.2 Å². The van der Waals surface area contributed by atoms with Crippen LogP contribution in [0.4, 0.5) is 11.5 Å². The van der Waals surface area contributed by atoms with Crippen molar-refractivity contribution >= 4 is 23.9 Å². The molecule has 3 N–H and O–H groups in total. The van der Waals surface area contributed by atoms with Crippen molar-refractivity contribution in [3.8, 4) is 0 Å². The van der Waals surface area contributed by atoms with Gasteiger partial charge in [-0.25, -0.2) is 4.79 Å². The average molecular weight is 326 g/mol. The molecule has 0 aliphatic heterocycles. The fraction of sp³-hybridized carbons (Fsp3) is 0.571. The van der Waals surface area contributed by atoms with Crippen LogP contribution in [0.5, 0.6) is 0 Å². The van der Waals surface area contributed by atoms with Crippen molar-refractivity contribution < 1.29 is 14.3 Å². The maximum absolute atomic E-state index is 12.3. The Morgan fingerprint density at radius 1 is 1.43 bits per heavy atom. The number of H-pyrrole nitrogens is 1. The zero-order chi connectivity index (χ0) is 17.6. The highest BCUT2D eigenvalue weighted by Crippen LogP contribution is 2.11. The molecule has 1 amide bonds. The predicted molar refractivity (Wildman–Crippen MR) is 85.3 cm³/mol. The van der Waals surface area contributed by atoms with Crippen LogP contribution in [-0.2, 0) is 20.9 Å². The Balaban J connectivity index is 2.78. The van der Waals surface area contributed by atoms with E-state index in [9.17, 15) is 19.2 Å². The number of carbonyl (C=O) groups excluding carboxylic acids is 2. The molecule has 0 unspecified atom stereocenters. The number of unbranched alkanes of at least 4 members (excludes halogenated alkanes) is 1. The second kappa shape index (κ2) is 8.16. The number of amides is 1. The van der Waals surface area contributed by atoms with Crippen molar-refractivity contribution in [1.82, 2.24) is 9.55 Å². The zero-order valence-electron chi connectivity index (χ0n) is 13.5. The number of hydrogen-bond acceptors (Lipinski definition) is 6. The molecule has 0 aliphatic rings. The monoisotopic (exact) mass is 326 g/mol. The fourth-order valence-electron chi connectivity index (χ4n) is 2.22. The van der Waals surface area contributed by atoms with Crippen molar-refractivity contribution in [3.63, 3.8) is 0 Å². The molecular weight excluding hydrogens is 304 g/mol. The van der Waals surface area contributed by atoms with E-state index in [0.717, 1.165) is 9.47 Å². The number of aromatic amines is 1. The Morgan fingerprint density at radius 2 is 2.09 bits per heavy atom. The summed E-state index contributed by atoms with van der Waals surface area (Å²) in [6.45, 7) is 3.30. The molecule has 1 aromatic heterocycles. The van der Waals surface area contributed by atoms with E-state index in [1.54, 1.807) is 6.92 Å². The van der Waals surface area contributed by atoms with Gasteiger partial charge in [0.15, 0.2) is 5.69 Å². The fourth-order valence-corrected chi connectivity index (χ4v) is 2.22. The van der Waals surface area contributed by atoms with Crippen LogP contribution in [0, 0.1) is 0 Å². The summed E-state index contributed by atoms with van der Waals surface area (Å²) in [7, 11) is 1.38. The van der Waals surface area contributed by atoms with E-state index in [-0.39, 0.29) is 30.1 Å². The molecular formula is C14H22N4O5. The first-order valence-electron chi connectivity index (χ1n) is 7.25. The van der Waals surface area contributed by atoms with E-state index in [0.29, 0.717) is 25.7 Å². The lowest BCUT2D eigenvalue weighted by Gasteiger charge is -2.15. The molecule has 1 atom stereocenters. The molecule has 1 aromatic rings. The molecule has 9 nitrogen and oxygen atoms in total. The molecule has 0 saturated heterocycles. The van der Waals surface area contributed by atoms with Crippen LogP contribution < -0.4 is 21.9 Å². The van der Waals surface area contributed by atoms with Gasteiger partial charge in [-0.3, -0.25) is 23.9 Å². The largest absolute Gasteiger partial charge is 0.463 e. The minimum absolute atomic E-state index is 0.0621. The van der Waals surface area contributed by atoms with Crippen molar-refractivity contribution in [3.05, 3.63) is 20.8 Å². The number of hydrogen-bond donors (Lipinski definition) is 2. The number of nitrogens with one attached hydrogen (secondary N) is 1. The number of esters is 1. The summed E-state index contributed by atoms with van der Waals surface area (Å²) >= 11 is 0. The number of aromatic nitrogens is 2. The minimum Gasteiger partial charge on any atom is -0.463 e. The lowest BCUT2D eigenvalue weighted by atomic mass is 10.1. The zero-order valence-corrected chi connectivity index (χ0v) is 13.5. The predicted octanol–water partition coefficient (Wildman–Crippen LogP) is -0.167. The normalized spacial score (nSPS) is 11.8. The molecule has 1 heterocycles. The summed E-state index contributed by atoms with van der Waals surface area (Å²) in [5.74, 6) is -0.487. The summed E-state index contributed by atoms with van der Waals surface area (Å²) < 4.78 is 6.00. The first-order chi connectivity index (χ1) is 10.8. The van der Waals surface area contributed by atoms with Gasteiger partial charge in [0.2, 0.25) is 6.41 Å². The van der Waals surface area contributed by atoms with E-state index in [1.807, 2.05) is 0 Å². The molecule has 0 bridgehead atoms. The summed E-state index contributed by atoms with van der Waals surface area (Å²) in [6, 6.07) is 0. The topological polar surface area (TPSA) is 127 Å². The number of nitrogen functional groups attached to an aromatic ring is 1. The first-order valence-corrected chi connectivity index (χ1v) is 7.25. The SMILES string of the molecule is CC(=O)O[C@H](C)CCCCn1c(=O)[nH]c(N)c(N(C)C=O)c1=O. The maximum Gasteiger partial charge on any atom is 0.330 e. The van der Waals surface area contributed by atoms with E-state index in [4.69, 9.17) is 10.5 Å². The summed E-state index contributed by atoms with van der Waals surface area (Å²) in [5, 5.41) is 0. The van der Waals surface area contributed by atoms with Gasteiger partial charge in [0.05, 0.1) is 6.10 Å². The van der Waals surface area contributed by atoms with Crippen LogP contribution in [0.3, 0.4) is 0 Å². The van der Waals surface area contributed by atoms with Crippen molar-refractivity contribution in [1.29, 1.82) is 0 Å². The van der Waals surface area contributed by atoms with Crippen LogP contribution in [-0.4, -0.2) is 35.1 Å². The van der Waals surface area contributed by atoms with Gasteiger partial charge in [-0.1, -0.05) is 0 Å². The van der Waals surface area contributed by atoms with Crippen LogP contribution in [0.15, 0.2) is 9.59 Å². The summed E-state index contributed by atoms with van der Waals surface area (Å²) in [4.78, 5) is 49.1. The third kappa shape index (κ3) is 4.97. The smallest absolute Gasteiger partial charge is 0.330 e. The number of ether oxygens (including phenoxy) is 1. The number of nitrogens with two attached hydrogens (primary N) is 1. The molecule has 1 rings (SSSR count). The average Bonchev–Trinajstić information content (AvgIpc) is 2.44. The molecule has 23 heavy (non-hydrogen) atoms. The van der Waals surface area contributed by atoms with Gasteiger partial charge < -0.3 is 15.4 Å². The van der Waals surface area contributed by atoms with Crippen molar-refractivity contribution in [2.45, 2.75) is 45.8 Å². The van der Waals surface area contributed by atoms with E-state index in [1.165, 1.54) is 14.0 Å². The van der Waals surface area contributed by atoms with Crippen molar-refractivity contribution in [2.75, 3.05) is 17.7 Å². The van der Waals surface area contributed by atoms with Gasteiger partial charge in [0, 0.05) is 20.5 Å². The van der Waals surface area contributed by atoms with Crippen LogP contribution in [0.1, 0.15) is 33.1 Å². The Labute approximate surface area is 133 Å². The molecule has 128 valence electrons. The Bertz CT molecular complexity index is 679. The molecule has 0 radical (unpaired) electrons. The van der Waals surface area contributed by atoms with E-state index >= 15 is 0 Å². The van der Waals surface area contributed by atoms with Crippen LogP contribution in [0.25, 0.3) is 0 Å². The summed E-state index contributed by atoms with van der Waals surface area (Å²) in [6.07, 6.45) is 2.07. The second-order valence-electron chi connectivity index (χ2n) is 5.28. The lowest BCUT2D eigenvalue weighted by Crippen LogP contribution is -2.39. The van der Waals surface area contributed by atoms with E-state index in [2.05, 4.69) is 4.98 Å². The molecule has 0 aliphatic carbocycles. The Hall–Kier alpha value is -2.58. The second-order valence-corrected chi connectivity index (χ2v) is 5.28. The van der Waals surface area contributed by atoms with Gasteiger partial charge in [-0.15, -0.1) is 0 Å². The van der Waals surface area contributed by atoms with Crippen molar-refractivity contribution in [2.24, 2.45) is 0 Å². The quantitative estimate of drug-likeness (QED) is 0.388. The third-order valence-electron chi connectivity index (χ3n) is 3.31. The molecule has 0 aromatic carbocycles. The van der Waals surface area contributed by atoms with Gasteiger partial charge in [0.25, 0.3) is 5.56 Å². The highest BCUT2D eigenvalue weighted by atomic mass is 16.5. The molecule has 0 fully saturated rings. The van der Waals surface area contributed by atoms with Gasteiger partial charge in [0.1, 0.15) is 5.82 Å². The lowest BCUT2D eigenvalue weighted by molar-refractivity contribution is -0.145. The maximum atomic E-state index is 12.3. The summed E-state index contributed by atoms with van der Waals surface area (Å²) in [5.41, 5.74) is 4.29. The molecule has 0 saturated carbocycles. The molecule has 0 spiro atoms. The third-order valence-corrected chi connectivity index (χ3v) is 3.31. The number of rotatable bonds is 8. The van der Waals surface area contributed by atoms with Gasteiger partial charge in [-0.2, -0.15) is 0 Å². The van der Waals surface area contributed by atoms with Gasteiger partial charge in [-0.05, 0) is 26.2 Å². The molecule has 9 heteroatoms. The number of nitrogens with zero attached hydrogens (tertiary/aromatic N) is 2. The van der Waals surface area contributed by atoms with Gasteiger partial charge >= 0.3 is 11.7 Å². The number of anilines is 2. The highest BCUT2D eigenvalue weighted by molar-refractivity contribution is 5.79.